The maximum Gasteiger partial charge on any atom is 0.150 e. The van der Waals surface area contributed by atoms with Gasteiger partial charge in [0.15, 0.2) is 0 Å². The predicted molar refractivity (Wildman–Crippen MR) is 100 cm³/mol. The normalized spacial score (nSPS) is 27.0. The fourth-order valence-corrected chi connectivity index (χ4v) is 4.63. The molecule has 1 unspecified atom stereocenters. The summed E-state index contributed by atoms with van der Waals surface area (Å²) in [5.41, 5.74) is 3.91. The first-order valence-corrected chi connectivity index (χ1v) is 9.97. The van der Waals surface area contributed by atoms with E-state index < -0.39 is 0 Å². The highest BCUT2D eigenvalue weighted by atomic mass is 16.5. The van der Waals surface area contributed by atoms with Crippen LogP contribution in [0, 0.1) is 0 Å². The molecular weight excluding hydrogens is 324 g/mol. The molecule has 5 heteroatoms. The first kappa shape index (κ1) is 16.1. The quantitative estimate of drug-likeness (QED) is 0.689. The Bertz CT molecular complexity index is 869. The Morgan fingerprint density at radius 1 is 0.923 bits per heavy atom. The maximum absolute atomic E-state index is 5.86. The molecule has 5 nitrogen and oxygen atoms in total. The highest BCUT2D eigenvalue weighted by molar-refractivity contribution is 5.55. The summed E-state index contributed by atoms with van der Waals surface area (Å²) in [6.07, 6.45) is 14.7. The molecule has 1 aliphatic heterocycles. The van der Waals surface area contributed by atoms with E-state index >= 15 is 0 Å². The summed E-state index contributed by atoms with van der Waals surface area (Å²) in [5, 5.41) is 9.38. The van der Waals surface area contributed by atoms with Crippen LogP contribution < -0.4 is 0 Å². The largest absolute Gasteiger partial charge is 0.357 e. The van der Waals surface area contributed by atoms with Gasteiger partial charge in [0.1, 0.15) is 6.23 Å². The van der Waals surface area contributed by atoms with Crippen molar-refractivity contribution in [1.82, 2.24) is 19.4 Å². The van der Waals surface area contributed by atoms with E-state index in [0.29, 0.717) is 11.8 Å². The second-order valence-corrected chi connectivity index (χ2v) is 7.72. The predicted octanol–water partition coefficient (Wildman–Crippen LogP) is 4.67. The molecule has 3 aromatic rings. The number of nitrogens with zero attached hydrogens (tertiary/aromatic N) is 4. The van der Waals surface area contributed by atoms with Crippen LogP contribution in [0.25, 0.3) is 5.52 Å². The van der Waals surface area contributed by atoms with Crippen LogP contribution in [-0.4, -0.2) is 26.0 Å². The second-order valence-electron chi connectivity index (χ2n) is 7.72. The number of hydrogen-bond donors (Lipinski definition) is 0. The van der Waals surface area contributed by atoms with E-state index in [4.69, 9.17) is 9.84 Å². The molecular formula is C21H26N4O. The highest BCUT2D eigenvalue weighted by Crippen LogP contribution is 2.41. The Morgan fingerprint density at radius 3 is 2.65 bits per heavy atom. The van der Waals surface area contributed by atoms with E-state index in [0.717, 1.165) is 13.0 Å². The van der Waals surface area contributed by atoms with Crippen molar-refractivity contribution in [1.29, 1.82) is 0 Å². The molecule has 1 saturated carbocycles. The lowest BCUT2D eigenvalue weighted by molar-refractivity contribution is -0.0397. The highest BCUT2D eigenvalue weighted by Gasteiger charge is 2.27. The van der Waals surface area contributed by atoms with Crippen molar-refractivity contribution in [3.05, 3.63) is 54.1 Å². The third-order valence-electron chi connectivity index (χ3n) is 6.12. The average molecular weight is 350 g/mol. The fraction of sp³-hybridized carbons (Fsp3) is 0.524. The summed E-state index contributed by atoms with van der Waals surface area (Å²) in [4.78, 5) is 0. The van der Waals surface area contributed by atoms with Crippen molar-refractivity contribution in [2.45, 2.75) is 63.0 Å². The minimum atomic E-state index is 0.146. The minimum Gasteiger partial charge on any atom is -0.357 e. The third kappa shape index (κ3) is 2.94. The van der Waals surface area contributed by atoms with Gasteiger partial charge in [0.2, 0.25) is 0 Å². The van der Waals surface area contributed by atoms with Crippen molar-refractivity contribution >= 4 is 5.52 Å². The summed E-state index contributed by atoms with van der Waals surface area (Å²) >= 11 is 0. The van der Waals surface area contributed by atoms with Crippen molar-refractivity contribution in [3.63, 3.8) is 0 Å². The summed E-state index contributed by atoms with van der Waals surface area (Å²) < 4.78 is 9.90. The Labute approximate surface area is 154 Å². The Balaban J connectivity index is 1.26. The van der Waals surface area contributed by atoms with E-state index in [2.05, 4.69) is 35.7 Å². The van der Waals surface area contributed by atoms with E-state index in [9.17, 15) is 0 Å². The van der Waals surface area contributed by atoms with Crippen LogP contribution in [0.5, 0.6) is 0 Å². The number of rotatable bonds is 3. The number of aromatic nitrogens is 4. The van der Waals surface area contributed by atoms with Crippen molar-refractivity contribution < 1.29 is 4.74 Å². The SMILES string of the molecule is c1ccn2ncc(C3CCC(c4ccn(C5CCCCO5)n4)CC3)c2c1. The van der Waals surface area contributed by atoms with Gasteiger partial charge in [-0.25, -0.2) is 9.20 Å². The van der Waals surface area contributed by atoms with Gasteiger partial charge in [0.05, 0.1) is 17.4 Å². The van der Waals surface area contributed by atoms with E-state index in [1.807, 2.05) is 21.5 Å². The lowest BCUT2D eigenvalue weighted by atomic mass is 9.78. The van der Waals surface area contributed by atoms with E-state index in [1.54, 1.807) is 0 Å². The third-order valence-corrected chi connectivity index (χ3v) is 6.12. The molecule has 3 aromatic heterocycles. The summed E-state index contributed by atoms with van der Waals surface area (Å²) in [6, 6.07) is 8.53. The van der Waals surface area contributed by atoms with Crippen LogP contribution in [0.1, 0.15) is 74.3 Å². The van der Waals surface area contributed by atoms with Gasteiger partial charge in [-0.2, -0.15) is 10.2 Å². The molecule has 5 rings (SSSR count). The monoisotopic (exact) mass is 350 g/mol. The standard InChI is InChI=1S/C21H26N4O/c1-3-12-24-20(5-1)18(15-22-24)16-7-9-17(10-8-16)19-11-13-25(23-19)21-6-2-4-14-26-21/h1,3,5,11-13,15-17,21H,2,4,6-10,14H2. The van der Waals surface area contributed by atoms with Gasteiger partial charge in [-0.1, -0.05) is 6.07 Å². The molecule has 1 atom stereocenters. The molecule has 1 saturated heterocycles. The zero-order valence-electron chi connectivity index (χ0n) is 15.1. The molecule has 1 aliphatic carbocycles. The van der Waals surface area contributed by atoms with Gasteiger partial charge in [-0.3, -0.25) is 0 Å². The van der Waals surface area contributed by atoms with Crippen LogP contribution in [0.2, 0.25) is 0 Å². The van der Waals surface area contributed by atoms with Crippen molar-refractivity contribution in [2.75, 3.05) is 6.61 Å². The molecule has 26 heavy (non-hydrogen) atoms. The first-order chi connectivity index (χ1) is 12.9. The Kier molecular flexibility index (Phi) is 4.25. The molecule has 4 heterocycles. The van der Waals surface area contributed by atoms with Gasteiger partial charge in [0, 0.05) is 30.5 Å². The molecule has 0 spiro atoms. The maximum atomic E-state index is 5.86. The molecule has 0 aromatic carbocycles. The number of hydrogen-bond acceptors (Lipinski definition) is 3. The van der Waals surface area contributed by atoms with Crippen molar-refractivity contribution in [3.8, 4) is 0 Å². The van der Waals surface area contributed by atoms with Crippen LogP contribution >= 0.6 is 0 Å². The van der Waals surface area contributed by atoms with Crippen molar-refractivity contribution in [2.24, 2.45) is 0 Å². The zero-order chi connectivity index (χ0) is 17.3. The van der Waals surface area contributed by atoms with E-state index in [1.165, 1.54) is 55.3 Å². The van der Waals surface area contributed by atoms with E-state index in [-0.39, 0.29) is 6.23 Å². The molecule has 0 N–H and O–H groups in total. The van der Waals surface area contributed by atoms with Gasteiger partial charge < -0.3 is 4.74 Å². The Hall–Kier alpha value is -2.14. The molecule has 2 fully saturated rings. The molecule has 0 amide bonds. The summed E-state index contributed by atoms with van der Waals surface area (Å²) in [7, 11) is 0. The molecule has 0 radical (unpaired) electrons. The lowest BCUT2D eigenvalue weighted by Gasteiger charge is -2.27. The second kappa shape index (κ2) is 6.88. The minimum absolute atomic E-state index is 0.146. The fourth-order valence-electron chi connectivity index (χ4n) is 4.63. The van der Waals surface area contributed by atoms with Crippen LogP contribution in [-0.2, 0) is 4.74 Å². The zero-order valence-corrected chi connectivity index (χ0v) is 15.1. The van der Waals surface area contributed by atoms with Gasteiger partial charge in [-0.05, 0) is 69.1 Å². The van der Waals surface area contributed by atoms with Crippen LogP contribution in [0.3, 0.4) is 0 Å². The lowest BCUT2D eigenvalue weighted by Crippen LogP contribution is -2.19. The van der Waals surface area contributed by atoms with Crippen LogP contribution in [0.15, 0.2) is 42.9 Å². The first-order valence-electron chi connectivity index (χ1n) is 9.97. The Morgan fingerprint density at radius 2 is 1.81 bits per heavy atom. The summed E-state index contributed by atoms with van der Waals surface area (Å²) in [5.74, 6) is 1.20. The van der Waals surface area contributed by atoms with Crippen LogP contribution in [0.4, 0.5) is 0 Å². The topological polar surface area (TPSA) is 44.4 Å². The smallest absolute Gasteiger partial charge is 0.150 e. The summed E-state index contributed by atoms with van der Waals surface area (Å²) in [6.45, 7) is 0.866. The number of pyridine rings is 1. The molecule has 2 aliphatic rings. The van der Waals surface area contributed by atoms with Gasteiger partial charge in [0.25, 0.3) is 0 Å². The number of ether oxygens (including phenoxy) is 1. The molecule has 0 bridgehead atoms. The van der Waals surface area contributed by atoms with Gasteiger partial charge >= 0.3 is 0 Å². The van der Waals surface area contributed by atoms with Gasteiger partial charge in [-0.15, -0.1) is 0 Å². The average Bonchev–Trinajstić information content (AvgIpc) is 3.36. The number of fused-ring (bicyclic) bond motifs is 1. The molecule has 136 valence electrons.